The highest BCUT2D eigenvalue weighted by Crippen LogP contribution is 2.68. The summed E-state index contributed by atoms with van der Waals surface area (Å²) in [7, 11) is 0. The van der Waals surface area contributed by atoms with Crippen molar-refractivity contribution in [3.8, 4) is 0 Å². The number of rotatable bonds is 6. The smallest absolute Gasteiger partial charge is 0.338 e. The molecule has 3 aliphatic rings. The Morgan fingerprint density at radius 2 is 1.54 bits per heavy atom. The van der Waals surface area contributed by atoms with Gasteiger partial charge in [0.05, 0.1) is 22.2 Å². The van der Waals surface area contributed by atoms with Gasteiger partial charge in [0.25, 0.3) is 0 Å². The molecule has 7 atom stereocenters. The number of hydrogen-bond acceptors (Lipinski definition) is 8. The van der Waals surface area contributed by atoms with Gasteiger partial charge >= 0.3 is 17.9 Å². The molecule has 1 heterocycles. The summed E-state index contributed by atoms with van der Waals surface area (Å²) < 4.78 is 25.1. The zero-order chi connectivity index (χ0) is 29.6. The Kier molecular flexibility index (Phi) is 7.37. The molecule has 2 aromatic rings. The van der Waals surface area contributed by atoms with Gasteiger partial charge in [-0.05, 0) is 70.7 Å². The zero-order valence-electron chi connectivity index (χ0n) is 24.2. The van der Waals surface area contributed by atoms with Crippen LogP contribution >= 0.6 is 0 Å². The molecule has 1 aliphatic heterocycles. The highest BCUT2D eigenvalue weighted by Gasteiger charge is 2.82. The summed E-state index contributed by atoms with van der Waals surface area (Å²) in [6.07, 6.45) is 1.32. The molecule has 0 unspecified atom stereocenters. The highest BCUT2D eigenvalue weighted by atomic mass is 16.6. The molecular formula is C33H38O8. The van der Waals surface area contributed by atoms with Crippen molar-refractivity contribution in [2.45, 2.75) is 89.0 Å². The minimum Gasteiger partial charge on any atom is -0.459 e. The Morgan fingerprint density at radius 1 is 0.902 bits per heavy atom. The molecule has 41 heavy (non-hydrogen) atoms. The molecule has 5 rings (SSSR count). The van der Waals surface area contributed by atoms with Crippen LogP contribution in [0.3, 0.4) is 0 Å². The van der Waals surface area contributed by atoms with Gasteiger partial charge in [-0.15, -0.1) is 0 Å². The van der Waals surface area contributed by atoms with Gasteiger partial charge in [0.2, 0.25) is 0 Å². The quantitative estimate of drug-likeness (QED) is 0.301. The number of fused-ring (bicyclic) bond motifs is 1. The third-order valence-electron chi connectivity index (χ3n) is 9.40. The average molecular weight is 563 g/mol. The van der Waals surface area contributed by atoms with Crippen LogP contribution in [0.4, 0.5) is 0 Å². The number of carbonyl (C=O) groups excluding carboxylic acids is 3. The van der Waals surface area contributed by atoms with Crippen LogP contribution in [0.1, 0.15) is 69.8 Å². The van der Waals surface area contributed by atoms with E-state index in [1.165, 1.54) is 13.0 Å². The molecule has 0 radical (unpaired) electrons. The molecule has 2 aromatic carbocycles. The first kappa shape index (κ1) is 29.0. The maximum atomic E-state index is 13.3. The fourth-order valence-corrected chi connectivity index (χ4v) is 7.45. The third kappa shape index (κ3) is 4.77. The number of hydrogen-bond donors (Lipinski definition) is 1. The first-order valence-electron chi connectivity index (χ1n) is 14.1. The molecule has 2 bridgehead atoms. The van der Waals surface area contributed by atoms with Crippen LogP contribution < -0.4 is 0 Å². The molecule has 1 N–H and O–H groups in total. The molecule has 0 aromatic heterocycles. The minimum absolute atomic E-state index is 0.213. The van der Waals surface area contributed by atoms with E-state index in [2.05, 4.69) is 0 Å². The Hall–Kier alpha value is -3.49. The predicted octanol–water partition coefficient (Wildman–Crippen LogP) is 4.89. The van der Waals surface area contributed by atoms with Gasteiger partial charge in [-0.3, -0.25) is 4.79 Å². The van der Waals surface area contributed by atoms with Crippen molar-refractivity contribution in [2.24, 2.45) is 11.3 Å². The topological polar surface area (TPSA) is 108 Å². The highest BCUT2D eigenvalue weighted by molar-refractivity contribution is 5.89. The van der Waals surface area contributed by atoms with Gasteiger partial charge in [0, 0.05) is 18.9 Å². The van der Waals surface area contributed by atoms with Crippen molar-refractivity contribution in [1.82, 2.24) is 0 Å². The zero-order valence-corrected chi connectivity index (χ0v) is 24.2. The summed E-state index contributed by atoms with van der Waals surface area (Å²) in [5, 5.41) is 12.1. The molecule has 2 saturated carbocycles. The Balaban J connectivity index is 1.59. The molecule has 3 fully saturated rings. The molecule has 0 amide bonds. The molecule has 1 spiro atoms. The van der Waals surface area contributed by atoms with Crippen molar-refractivity contribution in [3.05, 3.63) is 77.9 Å². The van der Waals surface area contributed by atoms with Gasteiger partial charge in [-0.2, -0.15) is 0 Å². The first-order chi connectivity index (χ1) is 19.3. The van der Waals surface area contributed by atoms with Crippen molar-refractivity contribution in [3.63, 3.8) is 0 Å². The normalized spacial score (nSPS) is 35.4. The molecular weight excluding hydrogens is 524 g/mol. The monoisotopic (exact) mass is 562 g/mol. The van der Waals surface area contributed by atoms with Crippen LogP contribution in [0, 0.1) is 11.3 Å². The molecule has 218 valence electrons. The van der Waals surface area contributed by atoms with Crippen LogP contribution in [0.5, 0.6) is 0 Å². The Bertz CT molecular complexity index is 1330. The predicted molar refractivity (Wildman–Crippen MR) is 151 cm³/mol. The average Bonchev–Trinajstić information content (AvgIpc) is 3.11. The number of carbonyl (C=O) groups is 3. The van der Waals surface area contributed by atoms with Gasteiger partial charge in [0.15, 0.2) is 0 Å². The van der Waals surface area contributed by atoms with Crippen LogP contribution in [0.2, 0.25) is 0 Å². The number of benzene rings is 2. The van der Waals surface area contributed by atoms with E-state index in [-0.39, 0.29) is 12.8 Å². The van der Waals surface area contributed by atoms with E-state index in [0.29, 0.717) is 12.0 Å². The summed E-state index contributed by atoms with van der Waals surface area (Å²) in [6.45, 7) is 8.58. The lowest BCUT2D eigenvalue weighted by Crippen LogP contribution is -2.79. The van der Waals surface area contributed by atoms with E-state index in [4.69, 9.17) is 18.9 Å². The number of ether oxygens (including phenoxy) is 4. The van der Waals surface area contributed by atoms with E-state index in [0.717, 1.165) is 5.56 Å². The standard InChI is InChI=1S/C33H38O8/c1-21(34)38-28-24-20-26(39-27(35)17-16-22-12-8-6-9-13-22)32(5)25(40-29(36)23-14-10-7-11-15-23)18-19-31(4,37)33(28,32)41-30(24,2)3/h6-17,24-26,28,37H,18-20H2,1-5H3/t24-,25+,26+,28-,31+,32+,33+/m1/s1. The summed E-state index contributed by atoms with van der Waals surface area (Å²) in [6, 6.07) is 18.0. The van der Waals surface area contributed by atoms with Crippen molar-refractivity contribution >= 4 is 24.0 Å². The van der Waals surface area contributed by atoms with Crippen molar-refractivity contribution in [2.75, 3.05) is 0 Å². The molecule has 1 saturated heterocycles. The van der Waals surface area contributed by atoms with Crippen molar-refractivity contribution < 1.29 is 38.4 Å². The molecule has 8 heteroatoms. The van der Waals surface area contributed by atoms with Crippen LogP contribution in [-0.2, 0) is 28.5 Å². The minimum atomic E-state index is -1.54. The van der Waals surface area contributed by atoms with Gasteiger partial charge in [-0.1, -0.05) is 48.5 Å². The fourth-order valence-electron chi connectivity index (χ4n) is 7.45. The summed E-state index contributed by atoms with van der Waals surface area (Å²) in [5.41, 5.74) is -3.96. The van der Waals surface area contributed by atoms with Crippen LogP contribution in [-0.4, -0.2) is 58.1 Å². The summed E-state index contributed by atoms with van der Waals surface area (Å²) in [4.78, 5) is 39.0. The lowest BCUT2D eigenvalue weighted by molar-refractivity contribution is -0.327. The first-order valence-corrected chi connectivity index (χ1v) is 14.1. The van der Waals surface area contributed by atoms with E-state index in [1.807, 2.05) is 57.2 Å². The molecule has 2 aliphatic carbocycles. The maximum absolute atomic E-state index is 13.3. The van der Waals surface area contributed by atoms with Crippen LogP contribution in [0.15, 0.2) is 66.7 Å². The van der Waals surface area contributed by atoms with E-state index in [9.17, 15) is 19.5 Å². The van der Waals surface area contributed by atoms with E-state index in [1.54, 1.807) is 37.3 Å². The second-order valence-electron chi connectivity index (χ2n) is 12.3. The van der Waals surface area contributed by atoms with Crippen molar-refractivity contribution in [1.29, 1.82) is 0 Å². The number of aliphatic hydroxyl groups is 1. The fraction of sp³-hybridized carbons (Fsp3) is 0.485. The second kappa shape index (κ2) is 10.4. The van der Waals surface area contributed by atoms with Gasteiger partial charge in [0.1, 0.15) is 23.9 Å². The lowest BCUT2D eigenvalue weighted by Gasteiger charge is -2.64. The van der Waals surface area contributed by atoms with Crippen LogP contribution in [0.25, 0.3) is 6.08 Å². The Labute approximate surface area is 240 Å². The summed E-state index contributed by atoms with van der Waals surface area (Å²) >= 11 is 0. The van der Waals surface area contributed by atoms with Gasteiger partial charge < -0.3 is 24.1 Å². The molecule has 8 nitrogen and oxygen atoms in total. The summed E-state index contributed by atoms with van der Waals surface area (Å²) in [5.74, 6) is -2.02. The maximum Gasteiger partial charge on any atom is 0.338 e. The second-order valence-corrected chi connectivity index (χ2v) is 12.3. The Morgan fingerprint density at radius 3 is 2.17 bits per heavy atom. The SMILES string of the molecule is CC(=O)O[C@@H]1[C@H]2C[C@H](OC(=O)C=Cc3ccccc3)[C@]3(C)[C@@H](OC(=O)c4ccccc4)CC[C@](C)(O)[C@@]13OC2(C)C. The third-order valence-corrected chi connectivity index (χ3v) is 9.40. The van der Waals surface area contributed by atoms with Gasteiger partial charge in [-0.25, -0.2) is 9.59 Å². The van der Waals surface area contributed by atoms with E-state index < -0.39 is 64.4 Å². The number of esters is 3. The lowest BCUT2D eigenvalue weighted by atomic mass is 9.47. The van der Waals surface area contributed by atoms with E-state index >= 15 is 0 Å². The largest absolute Gasteiger partial charge is 0.459 e.